The van der Waals surface area contributed by atoms with E-state index >= 15 is 0 Å². The van der Waals surface area contributed by atoms with Gasteiger partial charge in [-0.15, -0.1) is 0 Å². The van der Waals surface area contributed by atoms with Gasteiger partial charge in [-0.1, -0.05) is 0 Å². The van der Waals surface area contributed by atoms with Crippen molar-refractivity contribution in [2.45, 2.75) is 50.6 Å². The minimum atomic E-state index is 0.432. The second-order valence-corrected chi connectivity index (χ2v) is 7.60. The highest BCUT2D eigenvalue weighted by Gasteiger charge is 2.50. The molecule has 0 atom stereocenters. The van der Waals surface area contributed by atoms with Crippen molar-refractivity contribution in [1.82, 2.24) is 5.32 Å². The molecular weight excluding hydrogens is 290 g/mol. The maximum Gasteiger partial charge on any atom is 0.131 e. The molecule has 0 aliphatic heterocycles. The molecule has 0 saturated heterocycles. The highest BCUT2D eigenvalue weighted by molar-refractivity contribution is 9.10. The lowest BCUT2D eigenvalue weighted by Crippen LogP contribution is -2.58. The number of halogens is 1. The van der Waals surface area contributed by atoms with Crippen LogP contribution in [0, 0.1) is 17.8 Å². The zero-order chi connectivity index (χ0) is 12.2. The molecular formula is C15H20BrNO. The van der Waals surface area contributed by atoms with Gasteiger partial charge in [0.2, 0.25) is 0 Å². The van der Waals surface area contributed by atoms with Crippen LogP contribution in [-0.2, 0) is 6.54 Å². The van der Waals surface area contributed by atoms with Gasteiger partial charge < -0.3 is 9.73 Å². The Hall–Kier alpha value is -0.280. The van der Waals surface area contributed by atoms with Crippen LogP contribution in [0.15, 0.2) is 21.2 Å². The van der Waals surface area contributed by atoms with Gasteiger partial charge in [0, 0.05) is 5.54 Å². The lowest BCUT2D eigenvalue weighted by atomic mass is 9.53. The third kappa shape index (κ3) is 1.87. The Balaban J connectivity index is 1.49. The van der Waals surface area contributed by atoms with E-state index in [1.54, 1.807) is 6.26 Å². The minimum absolute atomic E-state index is 0.432. The quantitative estimate of drug-likeness (QED) is 0.909. The summed E-state index contributed by atoms with van der Waals surface area (Å²) in [5.74, 6) is 4.06. The molecule has 98 valence electrons. The van der Waals surface area contributed by atoms with Crippen LogP contribution in [0.1, 0.15) is 44.3 Å². The molecule has 0 amide bonds. The van der Waals surface area contributed by atoms with Crippen molar-refractivity contribution in [3.63, 3.8) is 0 Å². The summed E-state index contributed by atoms with van der Waals surface area (Å²) in [6.07, 6.45) is 10.5. The standard InChI is InChI=1S/C15H20BrNO/c16-13-1-2-18-14(13)9-17-15-6-10-3-11(7-15)5-12(4-10)8-15/h1-2,10-12,17H,3-9H2. The SMILES string of the molecule is Brc1ccoc1CNC12CC3CC(CC(C3)C1)C2. The molecule has 2 nitrogen and oxygen atoms in total. The van der Waals surface area contributed by atoms with Gasteiger partial charge in [-0.3, -0.25) is 0 Å². The average molecular weight is 310 g/mol. The molecule has 4 aliphatic carbocycles. The summed E-state index contributed by atoms with van der Waals surface area (Å²) in [5.41, 5.74) is 0.432. The predicted octanol–water partition coefficient (Wildman–Crippen LogP) is 4.10. The van der Waals surface area contributed by atoms with E-state index in [-0.39, 0.29) is 0 Å². The molecule has 4 saturated carbocycles. The summed E-state index contributed by atoms with van der Waals surface area (Å²) in [6, 6.07) is 1.98. The molecule has 0 radical (unpaired) electrons. The van der Waals surface area contributed by atoms with Crippen LogP contribution in [0.4, 0.5) is 0 Å². The Morgan fingerprint density at radius 3 is 2.28 bits per heavy atom. The largest absolute Gasteiger partial charge is 0.467 e. The Kier molecular flexibility index (Phi) is 2.63. The number of hydrogen-bond acceptors (Lipinski definition) is 2. The summed E-state index contributed by atoms with van der Waals surface area (Å²) >= 11 is 3.54. The molecule has 3 heteroatoms. The van der Waals surface area contributed by atoms with Gasteiger partial charge in [-0.25, -0.2) is 0 Å². The first-order valence-electron chi connectivity index (χ1n) is 7.19. The number of nitrogens with one attached hydrogen (secondary N) is 1. The fraction of sp³-hybridized carbons (Fsp3) is 0.733. The van der Waals surface area contributed by atoms with Crippen LogP contribution in [0.5, 0.6) is 0 Å². The van der Waals surface area contributed by atoms with Gasteiger partial charge in [-0.05, 0) is 78.3 Å². The number of hydrogen-bond donors (Lipinski definition) is 1. The zero-order valence-electron chi connectivity index (χ0n) is 10.6. The lowest BCUT2D eigenvalue weighted by molar-refractivity contribution is -0.0213. The molecule has 0 spiro atoms. The Morgan fingerprint density at radius 2 is 1.78 bits per heavy atom. The Bertz CT molecular complexity index is 418. The monoisotopic (exact) mass is 309 g/mol. The van der Waals surface area contributed by atoms with Crippen LogP contribution in [-0.4, -0.2) is 5.54 Å². The van der Waals surface area contributed by atoms with Crippen LogP contribution < -0.4 is 5.32 Å². The van der Waals surface area contributed by atoms with Crippen LogP contribution in [0.2, 0.25) is 0 Å². The van der Waals surface area contributed by atoms with Crippen molar-refractivity contribution >= 4 is 15.9 Å². The van der Waals surface area contributed by atoms with Gasteiger partial charge in [0.1, 0.15) is 5.76 Å². The average Bonchev–Trinajstić information content (AvgIpc) is 2.70. The van der Waals surface area contributed by atoms with E-state index in [1.165, 1.54) is 38.5 Å². The predicted molar refractivity (Wildman–Crippen MR) is 74.2 cm³/mol. The third-order valence-corrected chi connectivity index (χ3v) is 6.06. The fourth-order valence-electron chi connectivity index (χ4n) is 5.05. The van der Waals surface area contributed by atoms with E-state index < -0.39 is 0 Å². The molecule has 1 N–H and O–H groups in total. The van der Waals surface area contributed by atoms with Crippen molar-refractivity contribution < 1.29 is 4.42 Å². The maximum atomic E-state index is 5.52. The van der Waals surface area contributed by atoms with Gasteiger partial charge in [-0.2, -0.15) is 0 Å². The second-order valence-electron chi connectivity index (χ2n) is 6.74. The molecule has 4 aliphatic rings. The van der Waals surface area contributed by atoms with E-state index in [9.17, 15) is 0 Å². The summed E-state index contributed by atoms with van der Waals surface area (Å²) in [5, 5.41) is 3.85. The van der Waals surface area contributed by atoms with E-state index in [1.807, 2.05) is 6.07 Å². The van der Waals surface area contributed by atoms with E-state index in [2.05, 4.69) is 21.2 Å². The third-order valence-electron chi connectivity index (χ3n) is 5.35. The molecule has 1 aromatic rings. The molecule has 1 aromatic heterocycles. The molecule has 4 bridgehead atoms. The molecule has 4 fully saturated rings. The molecule has 0 aromatic carbocycles. The van der Waals surface area contributed by atoms with Crippen LogP contribution in [0.25, 0.3) is 0 Å². The summed E-state index contributed by atoms with van der Waals surface area (Å²) in [7, 11) is 0. The Labute approximate surface area is 117 Å². The summed E-state index contributed by atoms with van der Waals surface area (Å²) in [4.78, 5) is 0. The van der Waals surface area contributed by atoms with E-state index in [0.717, 1.165) is 34.5 Å². The molecule has 5 rings (SSSR count). The normalized spacial score (nSPS) is 41.5. The van der Waals surface area contributed by atoms with Crippen molar-refractivity contribution in [1.29, 1.82) is 0 Å². The molecule has 0 unspecified atom stereocenters. The van der Waals surface area contributed by atoms with Gasteiger partial charge in [0.25, 0.3) is 0 Å². The topological polar surface area (TPSA) is 25.2 Å². The number of furan rings is 1. The van der Waals surface area contributed by atoms with Crippen molar-refractivity contribution in [3.05, 3.63) is 22.6 Å². The molecule has 1 heterocycles. The zero-order valence-corrected chi connectivity index (χ0v) is 12.2. The fourth-order valence-corrected chi connectivity index (χ4v) is 5.39. The van der Waals surface area contributed by atoms with Crippen molar-refractivity contribution in [3.8, 4) is 0 Å². The first kappa shape index (κ1) is 11.5. The summed E-state index contributed by atoms with van der Waals surface area (Å²) in [6.45, 7) is 0.875. The highest BCUT2D eigenvalue weighted by atomic mass is 79.9. The van der Waals surface area contributed by atoms with E-state index in [4.69, 9.17) is 4.42 Å². The van der Waals surface area contributed by atoms with Gasteiger partial charge in [0.15, 0.2) is 0 Å². The smallest absolute Gasteiger partial charge is 0.131 e. The number of rotatable bonds is 3. The first-order valence-corrected chi connectivity index (χ1v) is 7.99. The minimum Gasteiger partial charge on any atom is -0.467 e. The van der Waals surface area contributed by atoms with Crippen molar-refractivity contribution in [2.75, 3.05) is 0 Å². The molecule has 18 heavy (non-hydrogen) atoms. The maximum absolute atomic E-state index is 5.52. The van der Waals surface area contributed by atoms with Gasteiger partial charge >= 0.3 is 0 Å². The first-order chi connectivity index (χ1) is 8.72. The second kappa shape index (κ2) is 4.11. The Morgan fingerprint density at radius 1 is 1.17 bits per heavy atom. The van der Waals surface area contributed by atoms with Crippen molar-refractivity contribution in [2.24, 2.45) is 17.8 Å². The lowest BCUT2D eigenvalue weighted by Gasteiger charge is -2.57. The highest BCUT2D eigenvalue weighted by Crippen LogP contribution is 2.55. The van der Waals surface area contributed by atoms with Gasteiger partial charge in [0.05, 0.1) is 17.3 Å². The summed E-state index contributed by atoms with van der Waals surface area (Å²) < 4.78 is 6.62. The van der Waals surface area contributed by atoms with Crippen LogP contribution >= 0.6 is 15.9 Å². The van der Waals surface area contributed by atoms with E-state index in [0.29, 0.717) is 5.54 Å². The van der Waals surface area contributed by atoms with Crippen LogP contribution in [0.3, 0.4) is 0 Å².